The molecule has 7 nitrogen and oxygen atoms in total. The van der Waals surface area contributed by atoms with Crippen LogP contribution in [0.3, 0.4) is 0 Å². The minimum absolute atomic E-state index is 0.00941. The van der Waals surface area contributed by atoms with Crippen LogP contribution in [0.15, 0.2) is 18.5 Å². The molecular weight excluding hydrogens is 284 g/mol. The van der Waals surface area contributed by atoms with E-state index < -0.39 is 0 Å². The van der Waals surface area contributed by atoms with E-state index in [9.17, 15) is 4.79 Å². The Hall–Kier alpha value is -2.57. The fourth-order valence-corrected chi connectivity index (χ4v) is 2.64. The molecule has 2 heterocycles. The zero-order valence-corrected chi connectivity index (χ0v) is 12.8. The predicted molar refractivity (Wildman–Crippen MR) is 82.4 cm³/mol. The molecule has 1 aromatic heterocycles. The lowest BCUT2D eigenvalue weighted by Crippen LogP contribution is -2.53. The lowest BCUT2D eigenvalue weighted by molar-refractivity contribution is -0.125. The van der Waals surface area contributed by atoms with Crippen molar-refractivity contribution in [3.05, 3.63) is 18.5 Å². The van der Waals surface area contributed by atoms with Crippen molar-refractivity contribution >= 4 is 22.6 Å². The van der Waals surface area contributed by atoms with Crippen LogP contribution < -0.4 is 19.7 Å². The van der Waals surface area contributed by atoms with E-state index in [0.29, 0.717) is 24.6 Å². The van der Waals surface area contributed by atoms with Crippen LogP contribution in [-0.4, -0.2) is 50.2 Å². The van der Waals surface area contributed by atoms with Gasteiger partial charge in [0.25, 0.3) is 0 Å². The quantitative estimate of drug-likeness (QED) is 0.901. The van der Waals surface area contributed by atoms with Gasteiger partial charge in [0.15, 0.2) is 11.5 Å². The van der Waals surface area contributed by atoms with Crippen LogP contribution >= 0.6 is 0 Å². The summed E-state index contributed by atoms with van der Waals surface area (Å²) in [7, 11) is 4.84. The summed E-state index contributed by atoms with van der Waals surface area (Å²) < 4.78 is 10.6. The van der Waals surface area contributed by atoms with Gasteiger partial charge in [-0.05, 0) is 6.07 Å². The van der Waals surface area contributed by atoms with Gasteiger partial charge < -0.3 is 19.7 Å². The number of anilines is 1. The minimum Gasteiger partial charge on any atom is -0.493 e. The van der Waals surface area contributed by atoms with Gasteiger partial charge in [0, 0.05) is 31.6 Å². The molecule has 0 radical (unpaired) electrons. The number of nitrogens with one attached hydrogen (secondary N) is 1. The van der Waals surface area contributed by atoms with E-state index in [1.807, 2.05) is 12.1 Å². The Bertz CT molecular complexity index is 713. The molecule has 0 saturated carbocycles. The number of carbonyl (C=O) groups excluding carboxylic acids is 1. The second-order valence-corrected chi connectivity index (χ2v) is 5.14. The van der Waals surface area contributed by atoms with E-state index in [2.05, 4.69) is 20.2 Å². The summed E-state index contributed by atoms with van der Waals surface area (Å²) in [6.45, 7) is 1.31. The van der Waals surface area contributed by atoms with E-state index in [-0.39, 0.29) is 11.8 Å². The molecule has 0 aliphatic carbocycles. The molecule has 1 amide bonds. The number of hydrogen-bond donors (Lipinski definition) is 1. The first-order valence-corrected chi connectivity index (χ1v) is 7.01. The number of ether oxygens (including phenoxy) is 2. The van der Waals surface area contributed by atoms with Gasteiger partial charge in [-0.2, -0.15) is 0 Å². The topological polar surface area (TPSA) is 76.6 Å². The summed E-state index contributed by atoms with van der Waals surface area (Å²) in [4.78, 5) is 22.3. The van der Waals surface area contributed by atoms with Crippen molar-refractivity contribution in [2.75, 3.05) is 39.3 Å². The molecule has 7 heteroatoms. The molecule has 1 aromatic carbocycles. The number of nitrogens with zero attached hydrogens (tertiary/aromatic N) is 3. The molecule has 1 saturated heterocycles. The Morgan fingerprint density at radius 1 is 1.23 bits per heavy atom. The number of fused-ring (bicyclic) bond motifs is 1. The van der Waals surface area contributed by atoms with E-state index in [0.717, 1.165) is 16.7 Å². The maximum absolute atomic E-state index is 11.6. The Balaban J connectivity index is 1.96. The lowest BCUT2D eigenvalue weighted by atomic mass is 9.98. The van der Waals surface area contributed by atoms with Crippen LogP contribution in [0, 0.1) is 5.92 Å². The van der Waals surface area contributed by atoms with Crippen LogP contribution in [0.5, 0.6) is 11.5 Å². The van der Waals surface area contributed by atoms with Crippen LogP contribution in [0.4, 0.5) is 5.82 Å². The first-order valence-electron chi connectivity index (χ1n) is 7.01. The highest BCUT2D eigenvalue weighted by atomic mass is 16.5. The van der Waals surface area contributed by atoms with Crippen molar-refractivity contribution in [3.63, 3.8) is 0 Å². The fraction of sp³-hybridized carbons (Fsp3) is 0.400. The summed E-state index contributed by atoms with van der Waals surface area (Å²) >= 11 is 0. The number of rotatable bonds is 4. The van der Waals surface area contributed by atoms with Crippen LogP contribution in [0.1, 0.15) is 0 Å². The summed E-state index contributed by atoms with van der Waals surface area (Å²) in [5, 5.41) is 3.56. The number of benzene rings is 1. The van der Waals surface area contributed by atoms with Crippen molar-refractivity contribution in [1.29, 1.82) is 0 Å². The first kappa shape index (κ1) is 14.4. The van der Waals surface area contributed by atoms with Gasteiger partial charge in [-0.1, -0.05) is 0 Å². The van der Waals surface area contributed by atoms with E-state index in [4.69, 9.17) is 9.47 Å². The molecule has 116 valence electrons. The Morgan fingerprint density at radius 3 is 2.55 bits per heavy atom. The average molecular weight is 302 g/mol. The fourth-order valence-electron chi connectivity index (χ4n) is 2.64. The minimum atomic E-state index is 0.00941. The summed E-state index contributed by atoms with van der Waals surface area (Å²) in [5.74, 6) is 2.15. The number of amides is 1. The van der Waals surface area contributed by atoms with Crippen LogP contribution in [0.25, 0.3) is 10.9 Å². The summed E-state index contributed by atoms with van der Waals surface area (Å²) in [6.07, 6.45) is 1.52. The highest BCUT2D eigenvalue weighted by Gasteiger charge is 2.33. The lowest BCUT2D eigenvalue weighted by Gasteiger charge is -2.39. The number of hydrogen-bond acceptors (Lipinski definition) is 6. The van der Waals surface area contributed by atoms with Gasteiger partial charge in [0.1, 0.15) is 12.1 Å². The third-order valence-corrected chi connectivity index (χ3v) is 3.92. The molecular formula is C15H18N4O3. The molecule has 1 aliphatic rings. The van der Waals surface area contributed by atoms with Crippen LogP contribution in [-0.2, 0) is 4.79 Å². The molecule has 0 spiro atoms. The van der Waals surface area contributed by atoms with Crippen molar-refractivity contribution in [3.8, 4) is 11.5 Å². The smallest absolute Gasteiger partial charge is 0.226 e. The van der Waals surface area contributed by atoms with E-state index >= 15 is 0 Å². The largest absolute Gasteiger partial charge is 0.493 e. The molecule has 3 rings (SSSR count). The Kier molecular flexibility index (Phi) is 3.70. The maximum Gasteiger partial charge on any atom is 0.226 e. The van der Waals surface area contributed by atoms with Gasteiger partial charge in [0.05, 0.1) is 25.7 Å². The van der Waals surface area contributed by atoms with E-state index in [1.165, 1.54) is 6.33 Å². The predicted octanol–water partition coefficient (Wildman–Crippen LogP) is 0.829. The zero-order chi connectivity index (χ0) is 15.7. The second-order valence-electron chi connectivity index (χ2n) is 5.14. The zero-order valence-electron chi connectivity index (χ0n) is 12.8. The average Bonchev–Trinajstić information content (AvgIpc) is 2.51. The van der Waals surface area contributed by atoms with Gasteiger partial charge in [0.2, 0.25) is 5.91 Å². The SMILES string of the molecule is CNC(=O)C1CN(c2ncnc3cc(OC)c(OC)cc23)C1. The summed E-state index contributed by atoms with van der Waals surface area (Å²) in [6, 6.07) is 3.70. The third kappa shape index (κ3) is 2.28. The summed E-state index contributed by atoms with van der Waals surface area (Å²) in [5.41, 5.74) is 0.783. The number of carbonyl (C=O) groups is 1. The Morgan fingerprint density at radius 2 is 1.91 bits per heavy atom. The van der Waals surface area contributed by atoms with Gasteiger partial charge >= 0.3 is 0 Å². The first-order chi connectivity index (χ1) is 10.7. The highest BCUT2D eigenvalue weighted by Crippen LogP contribution is 2.36. The van der Waals surface area contributed by atoms with Crippen molar-refractivity contribution in [2.24, 2.45) is 5.92 Å². The molecule has 0 bridgehead atoms. The maximum atomic E-state index is 11.6. The van der Waals surface area contributed by atoms with Crippen molar-refractivity contribution in [1.82, 2.24) is 15.3 Å². The molecule has 1 fully saturated rings. The highest BCUT2D eigenvalue weighted by molar-refractivity contribution is 5.93. The van der Waals surface area contributed by atoms with Crippen LogP contribution in [0.2, 0.25) is 0 Å². The van der Waals surface area contributed by atoms with Crippen molar-refractivity contribution in [2.45, 2.75) is 0 Å². The molecule has 0 unspecified atom stereocenters. The normalized spacial score (nSPS) is 14.6. The molecule has 1 aliphatic heterocycles. The monoisotopic (exact) mass is 302 g/mol. The molecule has 0 atom stereocenters. The Labute approximate surface area is 128 Å². The van der Waals surface area contributed by atoms with Gasteiger partial charge in [-0.3, -0.25) is 4.79 Å². The van der Waals surface area contributed by atoms with E-state index in [1.54, 1.807) is 21.3 Å². The molecule has 22 heavy (non-hydrogen) atoms. The standard InChI is InChI=1S/C15H18N4O3/c1-16-15(20)9-6-19(7-9)14-10-4-12(21-2)13(22-3)5-11(10)17-8-18-14/h4-5,8-9H,6-7H2,1-3H3,(H,16,20). The number of aromatic nitrogens is 2. The van der Waals surface area contributed by atoms with Gasteiger partial charge in [-0.25, -0.2) is 9.97 Å². The van der Waals surface area contributed by atoms with Gasteiger partial charge in [-0.15, -0.1) is 0 Å². The second kappa shape index (κ2) is 5.67. The molecule has 1 N–H and O–H groups in total. The molecule has 2 aromatic rings. The van der Waals surface area contributed by atoms with Crippen molar-refractivity contribution < 1.29 is 14.3 Å². The number of methoxy groups -OCH3 is 2. The third-order valence-electron chi connectivity index (χ3n) is 3.92.